The van der Waals surface area contributed by atoms with E-state index in [0.29, 0.717) is 36.5 Å². The molecule has 0 spiro atoms. The zero-order valence-electron chi connectivity index (χ0n) is 21.3. The molecule has 2 aromatic carbocycles. The molecule has 39 heavy (non-hydrogen) atoms. The number of nitrogens with zero attached hydrogens (tertiary/aromatic N) is 2. The third kappa shape index (κ3) is 7.74. The van der Waals surface area contributed by atoms with Crippen molar-refractivity contribution >= 4 is 56.2 Å². The number of carbonyl (C=O) groups excluding carboxylic acids is 3. The number of aliphatic hydroxyl groups excluding tert-OH is 1. The molecule has 0 radical (unpaired) electrons. The van der Waals surface area contributed by atoms with Crippen LogP contribution in [0.5, 0.6) is 0 Å². The first kappa shape index (κ1) is 28.9. The number of nitrogens with one attached hydrogen (secondary N) is 4. The monoisotopic (exact) mass is 616 g/mol. The van der Waals surface area contributed by atoms with E-state index in [1.807, 2.05) is 30.3 Å². The van der Waals surface area contributed by atoms with Crippen LogP contribution in [0.4, 0.5) is 0 Å². The lowest BCUT2D eigenvalue weighted by atomic mass is 10.1. The van der Waals surface area contributed by atoms with Crippen LogP contribution in [0.3, 0.4) is 0 Å². The number of benzene rings is 2. The number of aromatic nitrogens is 1. The Balaban J connectivity index is 1.24. The van der Waals surface area contributed by atoms with Crippen LogP contribution in [0, 0.1) is 0 Å². The van der Waals surface area contributed by atoms with Gasteiger partial charge in [-0.05, 0) is 49.6 Å². The minimum Gasteiger partial charge on any atom is -0.383 e. The van der Waals surface area contributed by atoms with Gasteiger partial charge in [0.2, 0.25) is 5.91 Å². The van der Waals surface area contributed by atoms with E-state index < -0.39 is 30.0 Å². The minimum absolute atomic E-state index is 0.0237. The van der Waals surface area contributed by atoms with Crippen LogP contribution < -0.4 is 21.6 Å². The van der Waals surface area contributed by atoms with Crippen molar-refractivity contribution in [3.63, 3.8) is 0 Å². The lowest BCUT2D eigenvalue weighted by Crippen LogP contribution is -2.62. The smallest absolute Gasteiger partial charge is 0.258 e. The SMILES string of the molecule is C[C@H](NC(=O)[C@@H](O)Cc1ccccc1Cl)C(=O)N1CCC[C@@H](C(=O)NNCc2ccc3ccc(Br)cc3n2)N1. The number of hydrazine groups is 2. The quantitative estimate of drug-likeness (QED) is 0.233. The van der Waals surface area contributed by atoms with Crippen molar-refractivity contribution in [2.75, 3.05) is 6.54 Å². The molecule has 1 aromatic heterocycles. The summed E-state index contributed by atoms with van der Waals surface area (Å²) in [6.07, 6.45) is -0.196. The molecule has 1 aliphatic rings. The van der Waals surface area contributed by atoms with Gasteiger partial charge in [0.25, 0.3) is 11.8 Å². The average molecular weight is 618 g/mol. The fourth-order valence-electron chi connectivity index (χ4n) is 4.24. The number of carbonyl (C=O) groups is 3. The Hall–Kier alpha value is -3.09. The molecule has 2 heterocycles. The molecule has 3 atom stereocenters. The van der Waals surface area contributed by atoms with Gasteiger partial charge < -0.3 is 10.4 Å². The first-order valence-corrected chi connectivity index (χ1v) is 13.8. The minimum atomic E-state index is -1.36. The second-order valence-electron chi connectivity index (χ2n) is 9.34. The van der Waals surface area contributed by atoms with E-state index in [9.17, 15) is 19.5 Å². The fourth-order valence-corrected chi connectivity index (χ4v) is 4.81. The van der Waals surface area contributed by atoms with E-state index in [-0.39, 0.29) is 12.3 Å². The van der Waals surface area contributed by atoms with Crippen LogP contribution in [0.1, 0.15) is 31.0 Å². The molecule has 5 N–H and O–H groups in total. The van der Waals surface area contributed by atoms with Crippen LogP contribution in [0.15, 0.2) is 59.1 Å². The Morgan fingerprint density at radius 3 is 2.77 bits per heavy atom. The van der Waals surface area contributed by atoms with Crippen molar-refractivity contribution in [2.45, 2.75) is 50.9 Å². The number of aliphatic hydroxyl groups is 1. The summed E-state index contributed by atoms with van der Waals surface area (Å²) in [5.74, 6) is -1.41. The number of rotatable bonds is 9. The van der Waals surface area contributed by atoms with Crippen LogP contribution >= 0.6 is 27.5 Å². The molecular weight excluding hydrogens is 588 g/mol. The molecule has 1 saturated heterocycles. The Kier molecular flexibility index (Phi) is 9.87. The van der Waals surface area contributed by atoms with E-state index in [1.54, 1.807) is 24.3 Å². The van der Waals surface area contributed by atoms with Gasteiger partial charge in [0.05, 0.1) is 17.8 Å². The number of hydrogen-bond donors (Lipinski definition) is 5. The standard InChI is InChI=1S/C27H30BrClN6O4/c1-16(31-26(38)24(36)13-18-5-2-3-6-21(18)29)27(39)35-12-4-7-22(34-35)25(37)33-30-15-20-11-9-17-8-10-19(28)14-23(17)32-20/h2-3,5-6,8-11,14,16,22,24,30,34,36H,4,7,12-13,15H2,1H3,(H,31,38)(H,33,37)/t16-,22-,24-/m0/s1. The number of pyridine rings is 1. The van der Waals surface area contributed by atoms with Crippen LogP contribution in [0.25, 0.3) is 10.9 Å². The van der Waals surface area contributed by atoms with Gasteiger partial charge in [0, 0.05) is 27.8 Å². The summed E-state index contributed by atoms with van der Waals surface area (Å²) in [7, 11) is 0. The summed E-state index contributed by atoms with van der Waals surface area (Å²) in [4.78, 5) is 42.8. The second kappa shape index (κ2) is 13.3. The summed E-state index contributed by atoms with van der Waals surface area (Å²) in [5.41, 5.74) is 10.7. The normalized spacial score (nSPS) is 16.9. The average Bonchev–Trinajstić information content (AvgIpc) is 2.93. The highest BCUT2D eigenvalue weighted by atomic mass is 79.9. The highest BCUT2D eigenvalue weighted by Gasteiger charge is 2.31. The molecular formula is C27H30BrClN6O4. The zero-order valence-corrected chi connectivity index (χ0v) is 23.6. The molecule has 10 nitrogen and oxygen atoms in total. The Labute approximate surface area is 239 Å². The van der Waals surface area contributed by atoms with Crippen molar-refractivity contribution in [3.8, 4) is 0 Å². The molecule has 12 heteroatoms. The predicted octanol–water partition coefficient (Wildman–Crippen LogP) is 2.38. The summed E-state index contributed by atoms with van der Waals surface area (Å²) in [5, 5.41) is 15.6. The molecule has 3 amide bonds. The second-order valence-corrected chi connectivity index (χ2v) is 10.7. The van der Waals surface area contributed by atoms with Gasteiger partial charge in [-0.15, -0.1) is 0 Å². The molecule has 0 unspecified atom stereocenters. The van der Waals surface area contributed by atoms with E-state index in [2.05, 4.69) is 42.5 Å². The molecule has 0 saturated carbocycles. The van der Waals surface area contributed by atoms with Crippen molar-refractivity contribution in [3.05, 3.63) is 75.4 Å². The summed E-state index contributed by atoms with van der Waals surface area (Å²) in [6.45, 7) is 2.24. The highest BCUT2D eigenvalue weighted by molar-refractivity contribution is 9.10. The van der Waals surface area contributed by atoms with Crippen molar-refractivity contribution in [1.29, 1.82) is 0 Å². The lowest BCUT2D eigenvalue weighted by molar-refractivity contribution is -0.144. The van der Waals surface area contributed by atoms with Gasteiger partial charge in [0.15, 0.2) is 0 Å². The van der Waals surface area contributed by atoms with Gasteiger partial charge in [-0.25, -0.2) is 10.9 Å². The maximum Gasteiger partial charge on any atom is 0.258 e. The van der Waals surface area contributed by atoms with Crippen LogP contribution in [0.2, 0.25) is 5.02 Å². The summed E-state index contributed by atoms with van der Waals surface area (Å²) < 4.78 is 0.936. The third-order valence-electron chi connectivity index (χ3n) is 6.36. The molecule has 1 fully saturated rings. The zero-order chi connectivity index (χ0) is 27.9. The maximum absolute atomic E-state index is 13.0. The largest absolute Gasteiger partial charge is 0.383 e. The van der Waals surface area contributed by atoms with Gasteiger partial charge in [-0.2, -0.15) is 0 Å². The first-order valence-electron chi connectivity index (χ1n) is 12.6. The topological polar surface area (TPSA) is 136 Å². The summed E-state index contributed by atoms with van der Waals surface area (Å²) in [6, 6.07) is 15.1. The van der Waals surface area contributed by atoms with Crippen LogP contribution in [-0.4, -0.2) is 57.6 Å². The van der Waals surface area contributed by atoms with Crippen LogP contribution in [-0.2, 0) is 27.3 Å². The number of halogens is 2. The Morgan fingerprint density at radius 2 is 1.97 bits per heavy atom. The Morgan fingerprint density at radius 1 is 1.21 bits per heavy atom. The van der Waals surface area contributed by atoms with E-state index in [1.165, 1.54) is 11.9 Å². The summed E-state index contributed by atoms with van der Waals surface area (Å²) >= 11 is 9.55. The number of hydrogen-bond acceptors (Lipinski definition) is 7. The molecule has 4 rings (SSSR count). The molecule has 0 bridgehead atoms. The van der Waals surface area contributed by atoms with Gasteiger partial charge in [0.1, 0.15) is 18.2 Å². The van der Waals surface area contributed by atoms with Crippen molar-refractivity contribution in [2.24, 2.45) is 0 Å². The molecule has 206 valence electrons. The first-order chi connectivity index (χ1) is 18.7. The lowest BCUT2D eigenvalue weighted by Gasteiger charge is -2.34. The van der Waals surface area contributed by atoms with E-state index in [4.69, 9.17) is 11.6 Å². The molecule has 3 aromatic rings. The molecule has 1 aliphatic heterocycles. The predicted molar refractivity (Wildman–Crippen MR) is 151 cm³/mol. The maximum atomic E-state index is 13.0. The van der Waals surface area contributed by atoms with Crippen molar-refractivity contribution < 1.29 is 19.5 Å². The van der Waals surface area contributed by atoms with Gasteiger partial charge >= 0.3 is 0 Å². The fraction of sp³-hybridized carbons (Fsp3) is 0.333. The number of fused-ring (bicyclic) bond motifs is 1. The van der Waals surface area contributed by atoms with E-state index >= 15 is 0 Å². The number of amides is 3. The van der Waals surface area contributed by atoms with Crippen molar-refractivity contribution in [1.82, 2.24) is 31.6 Å². The highest BCUT2D eigenvalue weighted by Crippen LogP contribution is 2.19. The van der Waals surface area contributed by atoms with Gasteiger partial charge in [-0.3, -0.25) is 29.8 Å². The Bertz CT molecular complexity index is 1360. The third-order valence-corrected chi connectivity index (χ3v) is 7.23. The van der Waals surface area contributed by atoms with Gasteiger partial charge in [-0.1, -0.05) is 57.9 Å². The molecule has 0 aliphatic carbocycles. The van der Waals surface area contributed by atoms with E-state index in [0.717, 1.165) is 21.1 Å².